The van der Waals surface area contributed by atoms with Gasteiger partial charge in [-0.05, 0) is 77.0 Å². The number of unbranched alkanes of at least 4 members (excludes halogenated alkanes) is 53. The number of carbonyl (C=O) groups excluding carboxylic acids is 2. The number of amides is 1. The fourth-order valence-corrected chi connectivity index (χ4v) is 11.5. The number of aliphatic hydroxyl groups excluding tert-OH is 2. The SMILES string of the molecule is CCCCCCCCC/C=C\CCCCCCCC(=O)OCCCCCCCCCCCCCC/C=C\CCCCCCCCCCCCCCCCCC(=O)NC(CO)C(O)CCCCCCCCCCCCCCCCC. The third kappa shape index (κ3) is 65.4. The first kappa shape index (κ1) is 77.3. The molecule has 0 aromatic heterocycles. The maximum absolute atomic E-state index is 12.5. The van der Waals surface area contributed by atoms with Crippen molar-refractivity contribution >= 4 is 11.9 Å². The van der Waals surface area contributed by atoms with Crippen molar-refractivity contribution in [1.82, 2.24) is 5.32 Å². The predicted octanol–water partition coefficient (Wildman–Crippen LogP) is 23.3. The highest BCUT2D eigenvalue weighted by molar-refractivity contribution is 5.76. The summed E-state index contributed by atoms with van der Waals surface area (Å²) in [5.41, 5.74) is 0. The van der Waals surface area contributed by atoms with Gasteiger partial charge in [0.05, 0.1) is 25.4 Å². The van der Waals surface area contributed by atoms with Crippen molar-refractivity contribution in [3.63, 3.8) is 0 Å². The zero-order valence-electron chi connectivity index (χ0n) is 53.6. The summed E-state index contributed by atoms with van der Waals surface area (Å²) in [7, 11) is 0. The Balaban J connectivity index is 3.35. The number of allylic oxidation sites excluding steroid dienone is 4. The number of ether oxygens (including phenoxy) is 1. The Hall–Kier alpha value is -1.66. The number of aliphatic hydroxyl groups is 2. The molecule has 0 saturated heterocycles. The molecule has 0 bridgehead atoms. The minimum absolute atomic E-state index is 0.0110. The number of rotatable bonds is 68. The Kier molecular flexibility index (Phi) is 67.4. The van der Waals surface area contributed by atoms with Gasteiger partial charge in [0.15, 0.2) is 0 Å². The fourth-order valence-electron chi connectivity index (χ4n) is 11.5. The number of hydrogen-bond donors (Lipinski definition) is 3. The van der Waals surface area contributed by atoms with Gasteiger partial charge in [-0.2, -0.15) is 0 Å². The molecule has 0 saturated carbocycles. The van der Waals surface area contributed by atoms with E-state index in [4.69, 9.17) is 4.74 Å². The largest absolute Gasteiger partial charge is 0.466 e. The van der Waals surface area contributed by atoms with Crippen LogP contribution in [0.25, 0.3) is 0 Å². The van der Waals surface area contributed by atoms with E-state index >= 15 is 0 Å². The van der Waals surface area contributed by atoms with Crippen LogP contribution in [-0.4, -0.2) is 47.4 Å². The van der Waals surface area contributed by atoms with E-state index in [0.717, 1.165) is 44.9 Å². The molecule has 0 fully saturated rings. The van der Waals surface area contributed by atoms with Gasteiger partial charge in [-0.3, -0.25) is 9.59 Å². The summed E-state index contributed by atoms with van der Waals surface area (Å²) in [5.74, 6) is -0.0189. The molecule has 79 heavy (non-hydrogen) atoms. The van der Waals surface area contributed by atoms with Gasteiger partial charge in [-0.15, -0.1) is 0 Å². The Morgan fingerprint density at radius 2 is 0.595 bits per heavy atom. The van der Waals surface area contributed by atoms with Crippen LogP contribution in [0, 0.1) is 0 Å². The van der Waals surface area contributed by atoms with Crippen LogP contribution < -0.4 is 5.32 Å². The van der Waals surface area contributed by atoms with Gasteiger partial charge < -0.3 is 20.3 Å². The first-order valence-corrected chi connectivity index (χ1v) is 36.1. The highest BCUT2D eigenvalue weighted by Gasteiger charge is 2.20. The van der Waals surface area contributed by atoms with E-state index in [1.54, 1.807) is 0 Å². The zero-order valence-corrected chi connectivity index (χ0v) is 53.6. The second-order valence-electron chi connectivity index (χ2n) is 24.9. The van der Waals surface area contributed by atoms with Crippen molar-refractivity contribution in [2.45, 2.75) is 418 Å². The molecule has 3 N–H and O–H groups in total. The van der Waals surface area contributed by atoms with Gasteiger partial charge in [-0.25, -0.2) is 0 Å². The van der Waals surface area contributed by atoms with Crippen LogP contribution in [0.2, 0.25) is 0 Å². The summed E-state index contributed by atoms with van der Waals surface area (Å²) in [6, 6.07) is -0.539. The smallest absolute Gasteiger partial charge is 0.305 e. The molecule has 0 aliphatic heterocycles. The van der Waals surface area contributed by atoms with Crippen LogP contribution in [-0.2, 0) is 14.3 Å². The molecule has 468 valence electrons. The van der Waals surface area contributed by atoms with Crippen LogP contribution in [0.4, 0.5) is 0 Å². The first-order valence-electron chi connectivity index (χ1n) is 36.1. The molecule has 6 nitrogen and oxygen atoms in total. The summed E-state index contributed by atoms with van der Waals surface area (Å²) >= 11 is 0. The molecule has 0 aromatic rings. The summed E-state index contributed by atoms with van der Waals surface area (Å²) < 4.78 is 5.50. The molecule has 0 aliphatic carbocycles. The lowest BCUT2D eigenvalue weighted by molar-refractivity contribution is -0.143. The standard InChI is InChI=1S/C73H141NO5/c1-3-5-7-9-11-13-15-17-19-39-43-47-51-55-59-63-67-73(78)79-68-64-60-56-52-48-44-40-36-34-32-30-28-26-24-22-20-21-23-25-27-29-31-33-35-38-42-46-50-54-58-62-66-72(77)74-70(69-75)71(76)65-61-57-53-49-45-41-37-18-16-14-12-10-8-6-4-2/h19,22,24,39,70-71,75-76H,3-18,20-21,23,25-38,40-69H2,1-2H3,(H,74,77)/b24-22-,39-19-. The van der Waals surface area contributed by atoms with Crippen LogP contribution in [0.3, 0.4) is 0 Å². The fraction of sp³-hybridized carbons (Fsp3) is 0.918. The van der Waals surface area contributed by atoms with Crippen LogP contribution >= 0.6 is 0 Å². The van der Waals surface area contributed by atoms with Crippen LogP contribution in [0.5, 0.6) is 0 Å². The summed E-state index contributed by atoms with van der Waals surface area (Å²) in [4.78, 5) is 24.6. The minimum atomic E-state index is -0.662. The van der Waals surface area contributed by atoms with Gasteiger partial charge in [0.1, 0.15) is 0 Å². The quantitative estimate of drug-likeness (QED) is 0.0320. The van der Waals surface area contributed by atoms with Gasteiger partial charge in [-0.1, -0.05) is 340 Å². The lowest BCUT2D eigenvalue weighted by atomic mass is 10.0. The molecule has 2 atom stereocenters. The summed E-state index contributed by atoms with van der Waals surface area (Å²) in [5, 5.41) is 23.3. The van der Waals surface area contributed by atoms with E-state index in [2.05, 4.69) is 43.5 Å². The molecule has 0 spiro atoms. The number of carbonyl (C=O) groups is 2. The maximum Gasteiger partial charge on any atom is 0.305 e. The molecular weight excluding hydrogens is 971 g/mol. The van der Waals surface area contributed by atoms with Crippen molar-refractivity contribution in [1.29, 1.82) is 0 Å². The van der Waals surface area contributed by atoms with Gasteiger partial charge in [0, 0.05) is 12.8 Å². The Labute approximate surface area is 494 Å². The third-order valence-electron chi connectivity index (χ3n) is 17.0. The summed E-state index contributed by atoms with van der Waals surface area (Å²) in [6.07, 6.45) is 86.7. The Bertz CT molecular complexity index is 1230. The van der Waals surface area contributed by atoms with E-state index in [0.29, 0.717) is 25.9 Å². The molecular formula is C73H141NO5. The monoisotopic (exact) mass is 1110 g/mol. The predicted molar refractivity (Wildman–Crippen MR) is 347 cm³/mol. The van der Waals surface area contributed by atoms with E-state index in [1.165, 1.54) is 327 Å². The Morgan fingerprint density at radius 1 is 0.342 bits per heavy atom. The lowest BCUT2D eigenvalue weighted by Gasteiger charge is -2.22. The number of nitrogens with one attached hydrogen (secondary N) is 1. The zero-order chi connectivity index (χ0) is 57.1. The van der Waals surface area contributed by atoms with Gasteiger partial charge in [0.2, 0.25) is 5.91 Å². The third-order valence-corrected chi connectivity index (χ3v) is 17.0. The van der Waals surface area contributed by atoms with Crippen molar-refractivity contribution in [2.24, 2.45) is 0 Å². The van der Waals surface area contributed by atoms with E-state index in [9.17, 15) is 19.8 Å². The normalized spacial score (nSPS) is 12.6. The molecule has 0 radical (unpaired) electrons. The van der Waals surface area contributed by atoms with Gasteiger partial charge in [0.25, 0.3) is 0 Å². The molecule has 2 unspecified atom stereocenters. The second kappa shape index (κ2) is 68.8. The highest BCUT2D eigenvalue weighted by atomic mass is 16.5. The maximum atomic E-state index is 12.5. The average molecular weight is 1110 g/mol. The van der Waals surface area contributed by atoms with Crippen molar-refractivity contribution in [3.8, 4) is 0 Å². The van der Waals surface area contributed by atoms with Crippen molar-refractivity contribution in [2.75, 3.05) is 13.2 Å². The van der Waals surface area contributed by atoms with E-state index in [1.807, 2.05) is 0 Å². The van der Waals surface area contributed by atoms with Crippen LogP contribution in [0.1, 0.15) is 406 Å². The molecule has 0 rings (SSSR count). The number of hydrogen-bond acceptors (Lipinski definition) is 5. The average Bonchev–Trinajstić information content (AvgIpc) is 3.45. The molecule has 0 heterocycles. The number of esters is 1. The first-order chi connectivity index (χ1) is 39.0. The molecule has 0 aliphatic rings. The van der Waals surface area contributed by atoms with Crippen LogP contribution in [0.15, 0.2) is 24.3 Å². The molecule has 1 amide bonds. The molecule has 6 heteroatoms. The van der Waals surface area contributed by atoms with E-state index in [-0.39, 0.29) is 18.5 Å². The summed E-state index contributed by atoms with van der Waals surface area (Å²) in [6.45, 7) is 4.98. The minimum Gasteiger partial charge on any atom is -0.466 e. The Morgan fingerprint density at radius 3 is 0.899 bits per heavy atom. The van der Waals surface area contributed by atoms with Gasteiger partial charge >= 0.3 is 5.97 Å². The lowest BCUT2D eigenvalue weighted by Crippen LogP contribution is -2.45. The highest BCUT2D eigenvalue weighted by Crippen LogP contribution is 2.19. The van der Waals surface area contributed by atoms with Crippen molar-refractivity contribution in [3.05, 3.63) is 24.3 Å². The topological polar surface area (TPSA) is 95.9 Å². The van der Waals surface area contributed by atoms with Crippen molar-refractivity contribution < 1.29 is 24.5 Å². The second-order valence-corrected chi connectivity index (χ2v) is 24.9. The van der Waals surface area contributed by atoms with E-state index < -0.39 is 12.1 Å². The molecule has 0 aromatic carbocycles.